The second-order valence-corrected chi connectivity index (χ2v) is 6.41. The zero-order valence-corrected chi connectivity index (χ0v) is 13.5. The first-order chi connectivity index (χ1) is 10.8. The van der Waals surface area contributed by atoms with E-state index in [-0.39, 0.29) is 0 Å². The molecule has 22 heavy (non-hydrogen) atoms. The summed E-state index contributed by atoms with van der Waals surface area (Å²) < 4.78 is 16.6. The first kappa shape index (κ1) is 15.8. The van der Waals surface area contributed by atoms with E-state index in [0.29, 0.717) is 12.0 Å². The first-order valence-corrected chi connectivity index (χ1v) is 8.38. The molecule has 4 heteroatoms. The number of hydrogen-bond acceptors (Lipinski definition) is 4. The van der Waals surface area contributed by atoms with Gasteiger partial charge in [0.15, 0.2) is 0 Å². The molecule has 0 bridgehead atoms. The van der Waals surface area contributed by atoms with E-state index in [2.05, 4.69) is 17.0 Å². The van der Waals surface area contributed by atoms with Crippen molar-refractivity contribution in [2.75, 3.05) is 40.0 Å². The van der Waals surface area contributed by atoms with Crippen molar-refractivity contribution in [1.82, 2.24) is 4.90 Å². The predicted octanol–water partition coefficient (Wildman–Crippen LogP) is 2.71. The van der Waals surface area contributed by atoms with Gasteiger partial charge in [-0.2, -0.15) is 0 Å². The molecule has 1 aromatic carbocycles. The van der Waals surface area contributed by atoms with Crippen LogP contribution in [0.15, 0.2) is 24.3 Å². The molecule has 2 saturated heterocycles. The molecule has 2 aliphatic rings. The van der Waals surface area contributed by atoms with Gasteiger partial charge in [0.25, 0.3) is 0 Å². The van der Waals surface area contributed by atoms with E-state index in [0.717, 1.165) is 45.2 Å². The van der Waals surface area contributed by atoms with Gasteiger partial charge in [-0.05, 0) is 42.9 Å². The highest BCUT2D eigenvalue weighted by Gasteiger charge is 2.23. The average molecular weight is 305 g/mol. The van der Waals surface area contributed by atoms with Crippen LogP contribution in [0, 0.1) is 5.92 Å². The van der Waals surface area contributed by atoms with E-state index in [1.807, 2.05) is 12.1 Å². The third-order valence-corrected chi connectivity index (χ3v) is 4.59. The standard InChI is InChI=1S/C18H27NO3/c1-20-17-6-4-15(5-7-17)11-19(12-16-8-10-21-14-16)13-18-3-2-9-22-18/h4-7,16,18H,2-3,8-14H2,1H3. The number of hydrogen-bond donors (Lipinski definition) is 0. The normalized spacial score (nSPS) is 25.0. The molecular weight excluding hydrogens is 278 g/mol. The summed E-state index contributed by atoms with van der Waals surface area (Å²) in [6.45, 7) is 5.86. The Morgan fingerprint density at radius 1 is 1.14 bits per heavy atom. The third kappa shape index (κ3) is 4.45. The van der Waals surface area contributed by atoms with Gasteiger partial charge in [-0.3, -0.25) is 4.90 Å². The lowest BCUT2D eigenvalue weighted by molar-refractivity contribution is 0.0631. The van der Waals surface area contributed by atoms with Crippen molar-refractivity contribution >= 4 is 0 Å². The van der Waals surface area contributed by atoms with Crippen LogP contribution in [0.2, 0.25) is 0 Å². The van der Waals surface area contributed by atoms with Crippen LogP contribution >= 0.6 is 0 Å². The van der Waals surface area contributed by atoms with Crippen LogP contribution in [0.1, 0.15) is 24.8 Å². The lowest BCUT2D eigenvalue weighted by Gasteiger charge is -2.27. The molecule has 0 amide bonds. The molecule has 0 spiro atoms. The predicted molar refractivity (Wildman–Crippen MR) is 86.2 cm³/mol. The van der Waals surface area contributed by atoms with Gasteiger partial charge in [0.1, 0.15) is 5.75 Å². The van der Waals surface area contributed by atoms with Crippen molar-refractivity contribution in [1.29, 1.82) is 0 Å². The molecule has 2 fully saturated rings. The maximum absolute atomic E-state index is 5.83. The summed E-state index contributed by atoms with van der Waals surface area (Å²) in [7, 11) is 1.71. The lowest BCUT2D eigenvalue weighted by atomic mass is 10.1. The quantitative estimate of drug-likeness (QED) is 0.775. The molecule has 0 N–H and O–H groups in total. The number of nitrogens with zero attached hydrogens (tertiary/aromatic N) is 1. The lowest BCUT2D eigenvalue weighted by Crippen LogP contribution is -2.35. The minimum Gasteiger partial charge on any atom is -0.497 e. The van der Waals surface area contributed by atoms with E-state index >= 15 is 0 Å². The first-order valence-electron chi connectivity index (χ1n) is 8.38. The third-order valence-electron chi connectivity index (χ3n) is 4.59. The summed E-state index contributed by atoms with van der Waals surface area (Å²) in [5.74, 6) is 1.58. The maximum atomic E-state index is 5.83. The molecule has 2 heterocycles. The Hall–Kier alpha value is -1.10. The van der Waals surface area contributed by atoms with Gasteiger partial charge in [0.2, 0.25) is 0 Å². The number of benzene rings is 1. The molecular formula is C18H27NO3. The Balaban J connectivity index is 1.60. The Kier molecular flexibility index (Phi) is 5.70. The Morgan fingerprint density at radius 3 is 2.64 bits per heavy atom. The molecule has 122 valence electrons. The van der Waals surface area contributed by atoms with Crippen LogP contribution in [-0.4, -0.2) is 51.0 Å². The molecule has 3 rings (SSSR count). The van der Waals surface area contributed by atoms with Gasteiger partial charge in [-0.1, -0.05) is 12.1 Å². The van der Waals surface area contributed by atoms with Crippen molar-refractivity contribution in [2.24, 2.45) is 5.92 Å². The summed E-state index contributed by atoms with van der Waals surface area (Å²) in [5.41, 5.74) is 1.33. The minimum atomic E-state index is 0.403. The van der Waals surface area contributed by atoms with Crippen LogP contribution in [0.4, 0.5) is 0 Å². The van der Waals surface area contributed by atoms with Crippen molar-refractivity contribution in [3.05, 3.63) is 29.8 Å². The van der Waals surface area contributed by atoms with Crippen LogP contribution < -0.4 is 4.74 Å². The molecule has 2 unspecified atom stereocenters. The largest absolute Gasteiger partial charge is 0.497 e. The highest BCUT2D eigenvalue weighted by Crippen LogP contribution is 2.20. The second-order valence-electron chi connectivity index (χ2n) is 6.41. The Morgan fingerprint density at radius 2 is 2.00 bits per heavy atom. The molecule has 0 aliphatic carbocycles. The fraction of sp³-hybridized carbons (Fsp3) is 0.667. The van der Waals surface area contributed by atoms with Crippen molar-refractivity contribution in [2.45, 2.75) is 31.9 Å². The molecule has 2 aliphatic heterocycles. The fourth-order valence-corrected chi connectivity index (χ4v) is 3.36. The van der Waals surface area contributed by atoms with Gasteiger partial charge in [-0.15, -0.1) is 0 Å². The molecule has 2 atom stereocenters. The molecule has 1 aromatic rings. The van der Waals surface area contributed by atoms with E-state index < -0.39 is 0 Å². The highest BCUT2D eigenvalue weighted by atomic mass is 16.5. The topological polar surface area (TPSA) is 30.9 Å². The average Bonchev–Trinajstić information content (AvgIpc) is 3.22. The smallest absolute Gasteiger partial charge is 0.118 e. The van der Waals surface area contributed by atoms with E-state index in [1.165, 1.54) is 24.8 Å². The van der Waals surface area contributed by atoms with E-state index in [4.69, 9.17) is 14.2 Å². The van der Waals surface area contributed by atoms with Crippen LogP contribution in [0.25, 0.3) is 0 Å². The Labute approximate surface area is 133 Å². The summed E-state index contributed by atoms with van der Waals surface area (Å²) in [5, 5.41) is 0. The SMILES string of the molecule is COc1ccc(CN(CC2CCOC2)CC2CCCO2)cc1. The fourth-order valence-electron chi connectivity index (χ4n) is 3.36. The maximum Gasteiger partial charge on any atom is 0.118 e. The summed E-state index contributed by atoms with van der Waals surface area (Å²) in [6.07, 6.45) is 3.99. The molecule has 0 aromatic heterocycles. The van der Waals surface area contributed by atoms with E-state index in [1.54, 1.807) is 7.11 Å². The zero-order valence-electron chi connectivity index (χ0n) is 13.5. The van der Waals surface area contributed by atoms with Crippen LogP contribution in [0.5, 0.6) is 5.75 Å². The second kappa shape index (κ2) is 7.95. The molecule has 0 radical (unpaired) electrons. The summed E-state index contributed by atoms with van der Waals surface area (Å²) in [6, 6.07) is 8.40. The monoisotopic (exact) mass is 305 g/mol. The van der Waals surface area contributed by atoms with Gasteiger partial charge >= 0.3 is 0 Å². The molecule has 4 nitrogen and oxygen atoms in total. The van der Waals surface area contributed by atoms with Crippen molar-refractivity contribution < 1.29 is 14.2 Å². The van der Waals surface area contributed by atoms with Gasteiger partial charge in [-0.25, -0.2) is 0 Å². The van der Waals surface area contributed by atoms with Gasteiger partial charge in [0, 0.05) is 32.8 Å². The minimum absolute atomic E-state index is 0.403. The number of ether oxygens (including phenoxy) is 3. The Bertz CT molecular complexity index is 418. The van der Waals surface area contributed by atoms with Crippen molar-refractivity contribution in [3.8, 4) is 5.75 Å². The highest BCUT2D eigenvalue weighted by molar-refractivity contribution is 5.27. The number of methoxy groups -OCH3 is 1. The van der Waals surface area contributed by atoms with Gasteiger partial charge < -0.3 is 14.2 Å². The zero-order chi connectivity index (χ0) is 15.2. The van der Waals surface area contributed by atoms with Crippen LogP contribution in [0.3, 0.4) is 0 Å². The van der Waals surface area contributed by atoms with E-state index in [9.17, 15) is 0 Å². The van der Waals surface area contributed by atoms with Crippen molar-refractivity contribution in [3.63, 3.8) is 0 Å². The summed E-state index contributed by atoms with van der Waals surface area (Å²) in [4.78, 5) is 2.54. The summed E-state index contributed by atoms with van der Waals surface area (Å²) >= 11 is 0. The molecule has 0 saturated carbocycles. The van der Waals surface area contributed by atoms with Crippen LogP contribution in [-0.2, 0) is 16.0 Å². The van der Waals surface area contributed by atoms with Gasteiger partial charge in [0.05, 0.1) is 19.8 Å². The number of rotatable bonds is 7.